The van der Waals surface area contributed by atoms with Crippen LogP contribution < -0.4 is 15.0 Å². The highest BCUT2D eigenvalue weighted by Gasteiger charge is 2.36. The van der Waals surface area contributed by atoms with Gasteiger partial charge in [-0.2, -0.15) is 0 Å². The summed E-state index contributed by atoms with van der Waals surface area (Å²) in [6.45, 7) is 2.03. The molecular formula is C26H19Cl2N3O6. The van der Waals surface area contributed by atoms with Crippen LogP contribution in [0.2, 0.25) is 10.0 Å². The molecule has 0 bridgehead atoms. The van der Waals surface area contributed by atoms with Crippen LogP contribution in [0.15, 0.2) is 66.2 Å². The Labute approximate surface area is 221 Å². The highest BCUT2D eigenvalue weighted by molar-refractivity contribution is 6.40. The van der Waals surface area contributed by atoms with E-state index in [1.54, 1.807) is 36.4 Å². The summed E-state index contributed by atoms with van der Waals surface area (Å²) >= 11 is 12.7. The number of nitrogens with one attached hydrogen (secondary N) is 1. The minimum absolute atomic E-state index is 0.0447. The van der Waals surface area contributed by atoms with Gasteiger partial charge in [0, 0.05) is 12.1 Å². The number of ether oxygens (including phenoxy) is 1. The number of nitro groups is 1. The van der Waals surface area contributed by atoms with E-state index in [2.05, 4.69) is 5.32 Å². The van der Waals surface area contributed by atoms with Gasteiger partial charge < -0.3 is 4.74 Å². The van der Waals surface area contributed by atoms with Crippen molar-refractivity contribution in [3.8, 4) is 5.75 Å². The largest absolute Gasteiger partial charge is 0.486 e. The van der Waals surface area contributed by atoms with Gasteiger partial charge in [-0.1, -0.05) is 42.3 Å². The van der Waals surface area contributed by atoms with E-state index in [1.807, 2.05) is 6.92 Å². The molecule has 1 aliphatic heterocycles. The summed E-state index contributed by atoms with van der Waals surface area (Å²) in [5.74, 6) is -1.47. The van der Waals surface area contributed by atoms with Crippen molar-refractivity contribution in [1.29, 1.82) is 0 Å². The molecule has 0 aromatic heterocycles. The number of anilines is 1. The van der Waals surface area contributed by atoms with Gasteiger partial charge in [-0.25, -0.2) is 9.69 Å². The molecule has 0 unspecified atom stereocenters. The lowest BCUT2D eigenvalue weighted by atomic mass is 10.1. The van der Waals surface area contributed by atoms with Crippen molar-refractivity contribution in [3.63, 3.8) is 0 Å². The standard InChI is InChI=1S/C26H19Cl2N3O6/c1-2-15-3-7-18(8-4-15)30-25(33)20(24(32)29-26(30)34)11-17-12-21(27)23(22(28)13-17)37-14-16-5-9-19(10-6-16)31(35)36/h3-13H,2,14H2,1H3,(H,29,32,34)/b20-11-. The molecule has 0 aliphatic carbocycles. The van der Waals surface area contributed by atoms with Gasteiger partial charge in [0.1, 0.15) is 12.2 Å². The van der Waals surface area contributed by atoms with Gasteiger partial charge in [-0.3, -0.25) is 25.0 Å². The van der Waals surface area contributed by atoms with Gasteiger partial charge in [0.15, 0.2) is 5.75 Å². The summed E-state index contributed by atoms with van der Waals surface area (Å²) in [5, 5.41) is 13.2. The number of rotatable bonds is 7. The monoisotopic (exact) mass is 539 g/mol. The predicted molar refractivity (Wildman–Crippen MR) is 139 cm³/mol. The first-order chi connectivity index (χ1) is 17.7. The van der Waals surface area contributed by atoms with Crippen LogP contribution in [0.1, 0.15) is 23.6 Å². The first-order valence-corrected chi connectivity index (χ1v) is 11.8. The van der Waals surface area contributed by atoms with E-state index in [1.165, 1.54) is 30.3 Å². The molecule has 4 rings (SSSR count). The molecule has 1 N–H and O–H groups in total. The van der Waals surface area contributed by atoms with Gasteiger partial charge in [-0.05, 0) is 65.6 Å². The molecule has 1 saturated heterocycles. The topological polar surface area (TPSA) is 119 Å². The molecule has 1 fully saturated rings. The minimum atomic E-state index is -0.845. The maximum absolute atomic E-state index is 13.1. The first kappa shape index (κ1) is 25.9. The molecule has 0 radical (unpaired) electrons. The smallest absolute Gasteiger partial charge is 0.335 e. The molecule has 37 heavy (non-hydrogen) atoms. The van der Waals surface area contributed by atoms with Gasteiger partial charge in [-0.15, -0.1) is 0 Å². The number of halogens is 2. The van der Waals surface area contributed by atoms with Crippen LogP contribution in [0.25, 0.3) is 6.08 Å². The highest BCUT2D eigenvalue weighted by Crippen LogP contribution is 2.36. The van der Waals surface area contributed by atoms with Crippen LogP contribution in [0.4, 0.5) is 16.2 Å². The third kappa shape index (κ3) is 5.63. The fourth-order valence-electron chi connectivity index (χ4n) is 3.61. The number of benzene rings is 3. The number of barbiturate groups is 1. The fourth-order valence-corrected chi connectivity index (χ4v) is 4.22. The minimum Gasteiger partial charge on any atom is -0.486 e. The van der Waals surface area contributed by atoms with Gasteiger partial charge >= 0.3 is 6.03 Å². The molecule has 3 aromatic rings. The highest BCUT2D eigenvalue weighted by atomic mass is 35.5. The first-order valence-electron chi connectivity index (χ1n) is 11.0. The maximum Gasteiger partial charge on any atom is 0.335 e. The number of imide groups is 2. The Bertz CT molecular complexity index is 1410. The molecule has 9 nitrogen and oxygen atoms in total. The number of carbonyl (C=O) groups excluding carboxylic acids is 3. The number of carbonyl (C=O) groups is 3. The van der Waals surface area contributed by atoms with Crippen LogP contribution >= 0.6 is 23.2 Å². The second kappa shape index (κ2) is 10.8. The van der Waals surface area contributed by atoms with Crippen molar-refractivity contribution in [3.05, 3.63) is 103 Å². The molecule has 3 aromatic carbocycles. The van der Waals surface area contributed by atoms with Gasteiger partial charge in [0.2, 0.25) is 0 Å². The Morgan fingerprint density at radius 3 is 2.14 bits per heavy atom. The number of urea groups is 1. The second-order valence-electron chi connectivity index (χ2n) is 8.00. The fraction of sp³-hybridized carbons (Fsp3) is 0.115. The number of nitrogens with zero attached hydrogens (tertiary/aromatic N) is 2. The van der Waals surface area contributed by atoms with Crippen molar-refractivity contribution < 1.29 is 24.0 Å². The summed E-state index contributed by atoms with van der Waals surface area (Å²) in [5.41, 5.74) is 2.03. The van der Waals surface area contributed by atoms with E-state index in [-0.39, 0.29) is 33.7 Å². The van der Waals surface area contributed by atoms with Gasteiger partial charge in [0.25, 0.3) is 17.5 Å². The van der Waals surface area contributed by atoms with Crippen LogP contribution in [0.3, 0.4) is 0 Å². The number of hydrogen-bond acceptors (Lipinski definition) is 6. The van der Waals surface area contributed by atoms with Crippen LogP contribution in [-0.2, 0) is 22.6 Å². The number of aryl methyl sites for hydroxylation is 1. The maximum atomic E-state index is 13.1. The summed E-state index contributed by atoms with van der Waals surface area (Å²) in [6.07, 6.45) is 2.08. The Kier molecular flexibility index (Phi) is 7.56. The molecule has 188 valence electrons. The lowest BCUT2D eigenvalue weighted by molar-refractivity contribution is -0.384. The normalized spacial score (nSPS) is 14.6. The lowest BCUT2D eigenvalue weighted by Crippen LogP contribution is -2.54. The summed E-state index contributed by atoms with van der Waals surface area (Å²) in [7, 11) is 0. The molecule has 0 saturated carbocycles. The molecule has 0 spiro atoms. The van der Waals surface area contributed by atoms with Crippen molar-refractivity contribution >= 4 is 58.5 Å². The average Bonchev–Trinajstić information content (AvgIpc) is 2.86. The van der Waals surface area contributed by atoms with Crippen molar-refractivity contribution in [2.45, 2.75) is 20.0 Å². The third-order valence-electron chi connectivity index (χ3n) is 5.57. The van der Waals surface area contributed by atoms with Crippen LogP contribution in [0, 0.1) is 10.1 Å². The molecule has 4 amide bonds. The summed E-state index contributed by atoms with van der Waals surface area (Å²) in [6, 6.07) is 14.8. The Morgan fingerprint density at radius 1 is 0.973 bits per heavy atom. The van der Waals surface area contributed by atoms with Crippen molar-refractivity contribution in [2.24, 2.45) is 0 Å². The zero-order valence-electron chi connectivity index (χ0n) is 19.4. The second-order valence-corrected chi connectivity index (χ2v) is 8.82. The Balaban J connectivity index is 1.56. The number of amides is 4. The zero-order valence-corrected chi connectivity index (χ0v) is 20.9. The van der Waals surface area contributed by atoms with Gasteiger partial charge in [0.05, 0.1) is 20.7 Å². The summed E-state index contributed by atoms with van der Waals surface area (Å²) in [4.78, 5) is 49.2. The Morgan fingerprint density at radius 2 is 1.57 bits per heavy atom. The van der Waals surface area contributed by atoms with Crippen LogP contribution in [-0.4, -0.2) is 22.8 Å². The van der Waals surface area contributed by atoms with E-state index < -0.39 is 22.8 Å². The number of nitro benzene ring substituents is 1. The van der Waals surface area contributed by atoms with E-state index in [9.17, 15) is 24.5 Å². The van der Waals surface area contributed by atoms with E-state index in [4.69, 9.17) is 27.9 Å². The number of non-ortho nitro benzene ring substituents is 1. The average molecular weight is 540 g/mol. The molecule has 1 aliphatic rings. The Hall–Kier alpha value is -4.21. The van der Waals surface area contributed by atoms with Crippen molar-refractivity contribution in [2.75, 3.05) is 4.90 Å². The molecule has 0 atom stereocenters. The lowest BCUT2D eigenvalue weighted by Gasteiger charge is -2.26. The molecular weight excluding hydrogens is 521 g/mol. The van der Waals surface area contributed by atoms with Crippen molar-refractivity contribution in [1.82, 2.24) is 5.32 Å². The molecule has 1 heterocycles. The van der Waals surface area contributed by atoms with E-state index in [0.29, 0.717) is 16.8 Å². The third-order valence-corrected chi connectivity index (χ3v) is 6.13. The predicted octanol–water partition coefficient (Wildman–Crippen LogP) is 5.71. The van der Waals surface area contributed by atoms with E-state index in [0.717, 1.165) is 16.9 Å². The molecule has 11 heteroatoms. The number of hydrogen-bond donors (Lipinski definition) is 1. The SMILES string of the molecule is CCc1ccc(N2C(=O)NC(=O)/C(=C/c3cc(Cl)c(OCc4ccc([N+](=O)[O-])cc4)c(Cl)c3)C2=O)cc1. The quantitative estimate of drug-likeness (QED) is 0.178. The zero-order chi connectivity index (χ0) is 26.7. The summed E-state index contributed by atoms with van der Waals surface area (Å²) < 4.78 is 5.70. The van der Waals surface area contributed by atoms with E-state index >= 15 is 0 Å². The van der Waals surface area contributed by atoms with Crippen LogP contribution in [0.5, 0.6) is 5.75 Å².